The maximum absolute atomic E-state index is 13.4. The molecule has 4 heterocycles. The largest absolute Gasteiger partial charge is 0.367 e. The van der Waals surface area contributed by atoms with Gasteiger partial charge >= 0.3 is 0 Å². The molecule has 6 rings (SSSR count). The first kappa shape index (κ1) is 19.9. The predicted molar refractivity (Wildman–Crippen MR) is 133 cm³/mol. The minimum atomic E-state index is -0.104. The zero-order valence-electron chi connectivity index (χ0n) is 17.8. The number of aromatic nitrogens is 4. The highest BCUT2D eigenvalue weighted by Crippen LogP contribution is 2.34. The Kier molecular flexibility index (Phi) is 4.80. The molecule has 3 aromatic heterocycles. The number of hydrogen-bond donors (Lipinski definition) is 1. The van der Waals surface area contributed by atoms with Crippen LogP contribution in [0.1, 0.15) is 12.8 Å². The molecule has 1 saturated heterocycles. The van der Waals surface area contributed by atoms with Crippen LogP contribution in [0.5, 0.6) is 0 Å². The number of rotatable bonds is 3. The average molecular weight is 454 g/mol. The van der Waals surface area contributed by atoms with Crippen molar-refractivity contribution in [1.82, 2.24) is 19.9 Å². The maximum atomic E-state index is 13.4. The number of fused-ring (bicyclic) bond motifs is 2. The predicted octanol–water partition coefficient (Wildman–Crippen LogP) is 5.45. The molecule has 1 N–H and O–H groups in total. The number of halogens is 1. The van der Waals surface area contributed by atoms with E-state index in [4.69, 9.17) is 21.6 Å². The smallest absolute Gasteiger partial charge is 0.232 e. The van der Waals surface area contributed by atoms with Gasteiger partial charge < -0.3 is 9.88 Å². The van der Waals surface area contributed by atoms with Crippen molar-refractivity contribution < 1.29 is 0 Å². The van der Waals surface area contributed by atoms with Crippen molar-refractivity contribution in [2.45, 2.75) is 12.8 Å². The normalized spacial score (nSPS) is 13.8. The van der Waals surface area contributed by atoms with Gasteiger partial charge in [-0.15, -0.1) is 0 Å². The molecule has 162 valence electrons. The lowest BCUT2D eigenvalue weighted by Gasteiger charge is -2.17. The summed E-state index contributed by atoms with van der Waals surface area (Å²) in [6, 6.07) is 17.5. The van der Waals surface area contributed by atoms with Crippen molar-refractivity contribution in [2.24, 2.45) is 0 Å². The second-order valence-electron chi connectivity index (χ2n) is 8.21. The van der Waals surface area contributed by atoms with Crippen LogP contribution in [0.2, 0.25) is 5.02 Å². The highest BCUT2D eigenvalue weighted by atomic mass is 35.5. The molecule has 2 aromatic carbocycles. The summed E-state index contributed by atoms with van der Waals surface area (Å²) in [5, 5.41) is 1.43. The molecule has 0 saturated carbocycles. The van der Waals surface area contributed by atoms with Gasteiger partial charge in [0.05, 0.1) is 21.9 Å². The van der Waals surface area contributed by atoms with Crippen LogP contribution in [0.3, 0.4) is 0 Å². The number of aromatic amines is 1. The van der Waals surface area contributed by atoms with E-state index >= 15 is 0 Å². The van der Waals surface area contributed by atoms with Crippen molar-refractivity contribution in [3.8, 4) is 22.5 Å². The zero-order chi connectivity index (χ0) is 22.4. The third kappa shape index (κ3) is 3.43. The number of anilines is 1. The molecule has 5 aromatic rings. The highest BCUT2D eigenvalue weighted by Gasteiger charge is 2.21. The molecular formula is C26H20ClN5O. The summed E-state index contributed by atoms with van der Waals surface area (Å²) in [4.78, 5) is 32.9. The van der Waals surface area contributed by atoms with E-state index in [1.807, 2.05) is 54.6 Å². The molecule has 1 aliphatic rings. The minimum Gasteiger partial charge on any atom is -0.367 e. The Balaban J connectivity index is 1.64. The molecule has 0 aliphatic carbocycles. The van der Waals surface area contributed by atoms with Gasteiger partial charge in [-0.25, -0.2) is 9.97 Å². The zero-order valence-corrected chi connectivity index (χ0v) is 18.5. The lowest BCUT2D eigenvalue weighted by atomic mass is 10.0. The average Bonchev–Trinajstić information content (AvgIpc) is 3.39. The number of nitrogens with zero attached hydrogens (tertiary/aromatic N) is 4. The fourth-order valence-corrected chi connectivity index (χ4v) is 4.77. The van der Waals surface area contributed by atoms with Crippen LogP contribution < -0.4 is 10.3 Å². The first-order chi connectivity index (χ1) is 16.2. The van der Waals surface area contributed by atoms with Gasteiger partial charge in [-0.05, 0) is 31.0 Å². The molecule has 0 bridgehead atoms. The van der Waals surface area contributed by atoms with E-state index in [0.29, 0.717) is 33.3 Å². The van der Waals surface area contributed by atoms with Crippen LogP contribution in [0, 0.1) is 0 Å². The van der Waals surface area contributed by atoms with E-state index in [1.54, 1.807) is 12.4 Å². The van der Waals surface area contributed by atoms with Gasteiger partial charge in [-0.1, -0.05) is 48.0 Å². The molecule has 0 spiro atoms. The summed E-state index contributed by atoms with van der Waals surface area (Å²) < 4.78 is 0. The monoisotopic (exact) mass is 453 g/mol. The van der Waals surface area contributed by atoms with E-state index in [0.717, 1.165) is 48.0 Å². The van der Waals surface area contributed by atoms with Gasteiger partial charge in [0.25, 0.3) is 0 Å². The van der Waals surface area contributed by atoms with Crippen molar-refractivity contribution in [3.05, 3.63) is 82.2 Å². The molecule has 0 unspecified atom stereocenters. The van der Waals surface area contributed by atoms with Gasteiger partial charge in [0.2, 0.25) is 5.43 Å². The summed E-state index contributed by atoms with van der Waals surface area (Å²) in [5.74, 6) is 0. The Morgan fingerprint density at radius 2 is 1.67 bits per heavy atom. The van der Waals surface area contributed by atoms with Crippen molar-refractivity contribution in [2.75, 3.05) is 18.0 Å². The highest BCUT2D eigenvalue weighted by molar-refractivity contribution is 6.35. The molecule has 1 aliphatic heterocycles. The second-order valence-corrected chi connectivity index (χ2v) is 8.62. The molecule has 6 nitrogen and oxygen atoms in total. The first-order valence-corrected chi connectivity index (χ1v) is 11.4. The SMILES string of the molecule is O=c1c(N2CCCC2)c[nH]c2nc(-c3ccccc3)c(-c3cc(Cl)c4ncccc4c3)nc12. The van der Waals surface area contributed by atoms with Crippen molar-refractivity contribution in [3.63, 3.8) is 0 Å². The molecule has 0 amide bonds. The number of pyridine rings is 2. The number of benzene rings is 2. The van der Waals surface area contributed by atoms with Gasteiger partial charge in [-0.2, -0.15) is 0 Å². The van der Waals surface area contributed by atoms with Crippen LogP contribution in [0.15, 0.2) is 71.8 Å². The number of hydrogen-bond acceptors (Lipinski definition) is 5. The van der Waals surface area contributed by atoms with E-state index in [-0.39, 0.29) is 5.43 Å². The van der Waals surface area contributed by atoms with E-state index in [2.05, 4.69) is 14.9 Å². The summed E-state index contributed by atoms with van der Waals surface area (Å²) in [6.07, 6.45) is 5.66. The van der Waals surface area contributed by atoms with E-state index < -0.39 is 0 Å². The minimum absolute atomic E-state index is 0.104. The molecule has 0 radical (unpaired) electrons. The molecular weight excluding hydrogens is 434 g/mol. The van der Waals surface area contributed by atoms with Gasteiger partial charge in [-0.3, -0.25) is 9.78 Å². The van der Waals surface area contributed by atoms with Crippen LogP contribution in [-0.4, -0.2) is 33.0 Å². The first-order valence-electron chi connectivity index (χ1n) is 11.0. The summed E-state index contributed by atoms with van der Waals surface area (Å²) in [5.41, 5.74) is 5.08. The van der Waals surface area contributed by atoms with Crippen molar-refractivity contribution in [1.29, 1.82) is 0 Å². The van der Waals surface area contributed by atoms with E-state index in [9.17, 15) is 4.79 Å². The third-order valence-corrected chi connectivity index (χ3v) is 6.40. The van der Waals surface area contributed by atoms with Gasteiger partial charge in [0, 0.05) is 42.0 Å². The summed E-state index contributed by atoms with van der Waals surface area (Å²) in [7, 11) is 0. The standard InChI is InChI=1S/C26H20ClN5O/c27-19-14-18(13-17-9-6-10-28-21(17)19)23-22(16-7-2-1-3-8-16)31-26-24(30-23)25(33)20(15-29-26)32-11-4-5-12-32/h1-3,6-10,13-15H,4-5,11-12H2,(H,29,31,33). The molecule has 33 heavy (non-hydrogen) atoms. The number of H-pyrrole nitrogens is 1. The molecule has 7 heteroatoms. The summed E-state index contributed by atoms with van der Waals surface area (Å²) in [6.45, 7) is 1.76. The van der Waals surface area contributed by atoms with Crippen LogP contribution in [-0.2, 0) is 0 Å². The fraction of sp³-hybridized carbons (Fsp3) is 0.154. The second kappa shape index (κ2) is 7.98. The quantitative estimate of drug-likeness (QED) is 0.393. The van der Waals surface area contributed by atoms with Crippen LogP contribution in [0.4, 0.5) is 5.69 Å². The fourth-order valence-electron chi connectivity index (χ4n) is 4.49. The molecule has 0 atom stereocenters. The molecule has 1 fully saturated rings. The maximum Gasteiger partial charge on any atom is 0.232 e. The Bertz CT molecular complexity index is 1560. The van der Waals surface area contributed by atoms with Crippen LogP contribution >= 0.6 is 11.6 Å². The lowest BCUT2D eigenvalue weighted by Crippen LogP contribution is -2.25. The van der Waals surface area contributed by atoms with E-state index in [1.165, 1.54) is 0 Å². The third-order valence-electron chi connectivity index (χ3n) is 6.11. The topological polar surface area (TPSA) is 74.8 Å². The Morgan fingerprint density at radius 1 is 0.879 bits per heavy atom. The Morgan fingerprint density at radius 3 is 2.48 bits per heavy atom. The van der Waals surface area contributed by atoms with Gasteiger partial charge in [0.1, 0.15) is 5.69 Å². The Labute approximate surface area is 194 Å². The number of nitrogens with one attached hydrogen (secondary N) is 1. The van der Waals surface area contributed by atoms with Crippen LogP contribution in [0.25, 0.3) is 44.6 Å². The van der Waals surface area contributed by atoms with Gasteiger partial charge in [0.15, 0.2) is 11.2 Å². The summed E-state index contributed by atoms with van der Waals surface area (Å²) >= 11 is 6.59. The lowest BCUT2D eigenvalue weighted by molar-refractivity contribution is 0.949. The van der Waals surface area contributed by atoms with Crippen molar-refractivity contribution >= 4 is 39.4 Å². The Hall–Kier alpha value is -3.77.